The molecule has 1 saturated carbocycles. The van der Waals surface area contributed by atoms with Gasteiger partial charge in [-0.3, -0.25) is 4.79 Å². The van der Waals surface area contributed by atoms with Gasteiger partial charge in [0.1, 0.15) is 0 Å². The van der Waals surface area contributed by atoms with Crippen molar-refractivity contribution in [2.45, 2.75) is 51.1 Å². The molecule has 1 aromatic carbocycles. The molecule has 0 spiro atoms. The summed E-state index contributed by atoms with van der Waals surface area (Å²) in [5.74, 6) is -0.196. The Morgan fingerprint density at radius 1 is 1.38 bits per heavy atom. The summed E-state index contributed by atoms with van der Waals surface area (Å²) in [7, 11) is 0. The molecule has 1 aliphatic carbocycles. The fourth-order valence-electron chi connectivity index (χ4n) is 3.37. The molecule has 0 radical (unpaired) electrons. The van der Waals surface area contributed by atoms with Crippen LogP contribution in [0.5, 0.6) is 0 Å². The Hall–Kier alpha value is -1.39. The van der Waals surface area contributed by atoms with Crippen molar-refractivity contribution in [1.29, 1.82) is 0 Å². The van der Waals surface area contributed by atoms with Gasteiger partial charge in [-0.15, -0.1) is 0 Å². The van der Waals surface area contributed by atoms with E-state index in [-0.39, 0.29) is 18.6 Å². The smallest absolute Gasteiger partial charge is 0.307 e. The van der Waals surface area contributed by atoms with Gasteiger partial charge in [0, 0.05) is 12.1 Å². The molecular weight excluding hydrogens is 266 g/mol. The lowest BCUT2D eigenvalue weighted by atomic mass is 9.76. The molecule has 1 fully saturated rings. The molecule has 2 rings (SSSR count). The third kappa shape index (κ3) is 4.29. The zero-order chi connectivity index (χ0) is 15.3. The van der Waals surface area contributed by atoms with Crippen molar-refractivity contribution in [1.82, 2.24) is 5.32 Å². The lowest BCUT2D eigenvalue weighted by Crippen LogP contribution is -2.51. The Balaban J connectivity index is 2.06. The number of aliphatic hydroxyl groups is 1. The number of aliphatic carboxylic acids is 1. The highest BCUT2D eigenvalue weighted by molar-refractivity contribution is 5.70. The van der Waals surface area contributed by atoms with Gasteiger partial charge in [-0.1, -0.05) is 44.0 Å². The van der Waals surface area contributed by atoms with E-state index in [2.05, 4.69) is 12.2 Å². The quantitative estimate of drug-likeness (QED) is 0.752. The van der Waals surface area contributed by atoms with Gasteiger partial charge in [0.2, 0.25) is 0 Å². The van der Waals surface area contributed by atoms with E-state index in [1.807, 2.05) is 24.3 Å². The van der Waals surface area contributed by atoms with Crippen molar-refractivity contribution in [3.05, 3.63) is 35.4 Å². The van der Waals surface area contributed by atoms with Gasteiger partial charge >= 0.3 is 5.97 Å². The van der Waals surface area contributed by atoms with E-state index in [0.29, 0.717) is 12.5 Å². The second-order valence-electron chi connectivity index (χ2n) is 6.33. The second kappa shape index (κ2) is 7.05. The van der Waals surface area contributed by atoms with Gasteiger partial charge in [0.25, 0.3) is 0 Å². The minimum Gasteiger partial charge on any atom is -0.481 e. The molecule has 2 atom stereocenters. The van der Waals surface area contributed by atoms with Gasteiger partial charge in [-0.05, 0) is 29.9 Å². The molecule has 1 aliphatic rings. The molecule has 2 unspecified atom stereocenters. The molecule has 0 bridgehead atoms. The summed E-state index contributed by atoms with van der Waals surface area (Å²) < 4.78 is 0. The Morgan fingerprint density at radius 3 is 2.71 bits per heavy atom. The normalized spacial score (nSPS) is 25.7. The monoisotopic (exact) mass is 291 g/mol. The zero-order valence-corrected chi connectivity index (χ0v) is 12.6. The summed E-state index contributed by atoms with van der Waals surface area (Å²) in [5.41, 5.74) is 1.63. The van der Waals surface area contributed by atoms with Crippen LogP contribution in [0.4, 0.5) is 0 Å². The van der Waals surface area contributed by atoms with E-state index >= 15 is 0 Å². The van der Waals surface area contributed by atoms with Crippen LogP contribution >= 0.6 is 0 Å². The molecule has 0 heterocycles. The summed E-state index contributed by atoms with van der Waals surface area (Å²) in [6.07, 6.45) is 4.35. The first-order valence-electron chi connectivity index (χ1n) is 7.69. The van der Waals surface area contributed by atoms with Crippen LogP contribution < -0.4 is 5.32 Å². The Kier molecular flexibility index (Phi) is 5.37. The summed E-state index contributed by atoms with van der Waals surface area (Å²) >= 11 is 0. The van der Waals surface area contributed by atoms with Crippen LogP contribution in [0, 0.1) is 5.92 Å². The number of nitrogens with one attached hydrogen (secondary N) is 1. The average molecular weight is 291 g/mol. The number of carboxylic acid groups (broad SMARTS) is 1. The number of hydrogen-bond acceptors (Lipinski definition) is 3. The topological polar surface area (TPSA) is 69.6 Å². The first-order chi connectivity index (χ1) is 10.0. The Labute approximate surface area is 126 Å². The molecule has 116 valence electrons. The van der Waals surface area contributed by atoms with Crippen LogP contribution in [0.3, 0.4) is 0 Å². The van der Waals surface area contributed by atoms with Crippen molar-refractivity contribution in [3.8, 4) is 0 Å². The fraction of sp³-hybridized carbons (Fsp3) is 0.588. The zero-order valence-electron chi connectivity index (χ0n) is 12.6. The predicted molar refractivity (Wildman–Crippen MR) is 82.1 cm³/mol. The van der Waals surface area contributed by atoms with E-state index in [0.717, 1.165) is 30.4 Å². The number of carbonyl (C=O) groups is 1. The summed E-state index contributed by atoms with van der Waals surface area (Å²) in [4.78, 5) is 10.9. The molecule has 0 aliphatic heterocycles. The predicted octanol–water partition coefficient (Wildman–Crippen LogP) is 2.34. The van der Waals surface area contributed by atoms with Crippen molar-refractivity contribution < 1.29 is 15.0 Å². The standard InChI is InChI=1S/C17H25NO3/c1-13-5-4-8-17(10-13,12-19)18-11-15-7-3-2-6-14(15)9-16(20)21/h2-3,6-7,13,18-19H,4-5,8-12H2,1H3,(H,20,21). The van der Waals surface area contributed by atoms with Gasteiger partial charge in [-0.25, -0.2) is 0 Å². The summed E-state index contributed by atoms with van der Waals surface area (Å²) in [6.45, 7) is 2.97. The second-order valence-corrected chi connectivity index (χ2v) is 6.33. The number of hydrogen-bond donors (Lipinski definition) is 3. The average Bonchev–Trinajstić information content (AvgIpc) is 2.46. The maximum atomic E-state index is 10.9. The number of benzene rings is 1. The number of aliphatic hydroxyl groups excluding tert-OH is 1. The van der Waals surface area contributed by atoms with Crippen molar-refractivity contribution >= 4 is 5.97 Å². The van der Waals surface area contributed by atoms with E-state index in [4.69, 9.17) is 5.11 Å². The minimum absolute atomic E-state index is 0.0420. The minimum atomic E-state index is -0.814. The molecule has 0 amide bonds. The first-order valence-corrected chi connectivity index (χ1v) is 7.69. The largest absolute Gasteiger partial charge is 0.481 e. The summed E-state index contributed by atoms with van der Waals surface area (Å²) in [6, 6.07) is 7.62. The van der Waals surface area contributed by atoms with E-state index in [1.54, 1.807) is 0 Å². The van der Waals surface area contributed by atoms with Crippen molar-refractivity contribution in [2.75, 3.05) is 6.61 Å². The van der Waals surface area contributed by atoms with Gasteiger partial charge in [0.05, 0.1) is 13.0 Å². The van der Waals surface area contributed by atoms with Crippen LogP contribution in [0.25, 0.3) is 0 Å². The molecule has 0 saturated heterocycles. The summed E-state index contributed by atoms with van der Waals surface area (Å²) in [5, 5.41) is 22.3. The molecule has 1 aromatic rings. The van der Waals surface area contributed by atoms with Gasteiger partial charge in [0.15, 0.2) is 0 Å². The lowest BCUT2D eigenvalue weighted by Gasteiger charge is -2.39. The Morgan fingerprint density at radius 2 is 2.10 bits per heavy atom. The first kappa shape index (κ1) is 16.0. The van der Waals surface area contributed by atoms with Gasteiger partial charge < -0.3 is 15.5 Å². The van der Waals surface area contributed by atoms with Crippen molar-refractivity contribution in [2.24, 2.45) is 5.92 Å². The Bertz CT molecular complexity index is 489. The number of rotatable bonds is 6. The maximum Gasteiger partial charge on any atom is 0.307 e. The van der Waals surface area contributed by atoms with Crippen LogP contribution in [-0.4, -0.2) is 28.3 Å². The third-order valence-electron chi connectivity index (χ3n) is 4.51. The molecule has 0 aromatic heterocycles. The van der Waals surface area contributed by atoms with E-state index in [1.165, 1.54) is 6.42 Å². The lowest BCUT2D eigenvalue weighted by molar-refractivity contribution is -0.136. The molecule has 21 heavy (non-hydrogen) atoms. The highest BCUT2D eigenvalue weighted by Crippen LogP contribution is 2.32. The van der Waals surface area contributed by atoms with Crippen molar-refractivity contribution in [3.63, 3.8) is 0 Å². The van der Waals surface area contributed by atoms with Crippen LogP contribution in [0.15, 0.2) is 24.3 Å². The maximum absolute atomic E-state index is 10.9. The highest BCUT2D eigenvalue weighted by Gasteiger charge is 2.33. The van der Waals surface area contributed by atoms with E-state index in [9.17, 15) is 9.90 Å². The number of carboxylic acids is 1. The SMILES string of the molecule is CC1CCCC(CO)(NCc2ccccc2CC(=O)O)C1. The van der Waals surface area contributed by atoms with Crippen LogP contribution in [-0.2, 0) is 17.8 Å². The molecule has 4 heteroatoms. The van der Waals surface area contributed by atoms with Crippen LogP contribution in [0.1, 0.15) is 43.7 Å². The molecular formula is C17H25NO3. The van der Waals surface area contributed by atoms with Gasteiger partial charge in [-0.2, -0.15) is 0 Å². The van der Waals surface area contributed by atoms with E-state index < -0.39 is 5.97 Å². The fourth-order valence-corrected chi connectivity index (χ4v) is 3.37. The molecule has 4 nitrogen and oxygen atoms in total. The molecule has 3 N–H and O–H groups in total. The van der Waals surface area contributed by atoms with Crippen LogP contribution in [0.2, 0.25) is 0 Å². The third-order valence-corrected chi connectivity index (χ3v) is 4.51. The highest BCUT2D eigenvalue weighted by atomic mass is 16.4.